The molecule has 0 aliphatic carbocycles. The van der Waals surface area contributed by atoms with Gasteiger partial charge < -0.3 is 9.30 Å². The summed E-state index contributed by atoms with van der Waals surface area (Å²) in [6.07, 6.45) is 5.89. The fourth-order valence-corrected chi connectivity index (χ4v) is 4.45. The molecule has 1 amide bonds. The van der Waals surface area contributed by atoms with Crippen LogP contribution in [-0.4, -0.2) is 23.3 Å². The molecule has 1 aromatic heterocycles. The third kappa shape index (κ3) is 4.18. The SMILES string of the molecule is C#CCn1c(=NC(=O)CCSc2ccccc2)sc2cccc(OC)c21. The van der Waals surface area contributed by atoms with Gasteiger partial charge in [0, 0.05) is 17.1 Å². The van der Waals surface area contributed by atoms with Crippen LogP contribution in [0.25, 0.3) is 10.2 Å². The Balaban J connectivity index is 1.83. The molecule has 3 aromatic rings. The Bertz CT molecular complexity index is 1010. The van der Waals surface area contributed by atoms with Gasteiger partial charge in [-0.05, 0) is 24.3 Å². The third-order valence-corrected chi connectivity index (χ3v) is 5.74. The number of carbonyl (C=O) groups excluding carboxylic acids is 1. The van der Waals surface area contributed by atoms with Crippen molar-refractivity contribution in [3.63, 3.8) is 0 Å². The van der Waals surface area contributed by atoms with Crippen molar-refractivity contribution in [2.24, 2.45) is 4.99 Å². The van der Waals surface area contributed by atoms with Gasteiger partial charge in [0.15, 0.2) is 4.80 Å². The van der Waals surface area contributed by atoms with Crippen molar-refractivity contribution >= 4 is 39.2 Å². The first-order chi connectivity index (χ1) is 12.7. The number of nitrogens with zero attached hydrogens (tertiary/aromatic N) is 2. The van der Waals surface area contributed by atoms with E-state index in [4.69, 9.17) is 11.2 Å². The highest BCUT2D eigenvalue weighted by Gasteiger charge is 2.11. The number of rotatable bonds is 6. The van der Waals surface area contributed by atoms with Gasteiger partial charge in [0.2, 0.25) is 5.91 Å². The highest BCUT2D eigenvalue weighted by atomic mass is 32.2. The second kappa shape index (κ2) is 8.75. The van der Waals surface area contributed by atoms with Crippen LogP contribution in [-0.2, 0) is 11.3 Å². The summed E-state index contributed by atoms with van der Waals surface area (Å²) >= 11 is 3.09. The van der Waals surface area contributed by atoms with E-state index in [1.807, 2.05) is 53.1 Å². The Hall–Kier alpha value is -2.49. The Morgan fingerprint density at radius 2 is 2.08 bits per heavy atom. The molecule has 0 aliphatic rings. The summed E-state index contributed by atoms with van der Waals surface area (Å²) in [6, 6.07) is 15.8. The zero-order chi connectivity index (χ0) is 18.4. The van der Waals surface area contributed by atoms with Gasteiger partial charge in [-0.3, -0.25) is 4.79 Å². The second-order valence-corrected chi connectivity index (χ2v) is 7.58. The number of hydrogen-bond acceptors (Lipinski definition) is 4. The number of ether oxygens (including phenoxy) is 1. The Labute approximate surface area is 160 Å². The minimum absolute atomic E-state index is 0.148. The molecule has 3 rings (SSSR count). The normalized spacial score (nSPS) is 11.5. The molecule has 0 unspecified atom stereocenters. The molecule has 0 saturated carbocycles. The van der Waals surface area contributed by atoms with Crippen molar-refractivity contribution in [1.29, 1.82) is 0 Å². The molecule has 4 nitrogen and oxygen atoms in total. The summed E-state index contributed by atoms with van der Waals surface area (Å²) in [5.74, 6) is 3.90. The number of hydrogen-bond donors (Lipinski definition) is 0. The lowest BCUT2D eigenvalue weighted by Crippen LogP contribution is -2.16. The van der Waals surface area contributed by atoms with Crippen LogP contribution in [0.15, 0.2) is 58.4 Å². The van der Waals surface area contributed by atoms with Crippen molar-refractivity contribution in [3.8, 4) is 18.1 Å². The van der Waals surface area contributed by atoms with E-state index in [2.05, 4.69) is 10.9 Å². The van der Waals surface area contributed by atoms with Crippen LogP contribution in [0.5, 0.6) is 5.75 Å². The van der Waals surface area contributed by atoms with Gasteiger partial charge >= 0.3 is 0 Å². The first kappa shape index (κ1) is 18.3. The minimum Gasteiger partial charge on any atom is -0.495 e. The Morgan fingerprint density at radius 1 is 1.27 bits per heavy atom. The van der Waals surface area contributed by atoms with E-state index in [-0.39, 0.29) is 5.91 Å². The Morgan fingerprint density at radius 3 is 2.81 bits per heavy atom. The lowest BCUT2D eigenvalue weighted by atomic mass is 10.3. The van der Waals surface area contributed by atoms with Crippen molar-refractivity contribution in [3.05, 3.63) is 53.3 Å². The molecule has 0 atom stereocenters. The average molecular weight is 383 g/mol. The summed E-state index contributed by atoms with van der Waals surface area (Å²) in [6.45, 7) is 0.339. The van der Waals surface area contributed by atoms with E-state index in [0.29, 0.717) is 23.5 Å². The lowest BCUT2D eigenvalue weighted by molar-refractivity contribution is -0.117. The average Bonchev–Trinajstić information content (AvgIpc) is 3.00. The first-order valence-electron chi connectivity index (χ1n) is 8.08. The second-order valence-electron chi connectivity index (χ2n) is 5.40. The van der Waals surface area contributed by atoms with E-state index in [1.165, 1.54) is 11.3 Å². The molecule has 132 valence electrons. The minimum atomic E-state index is -0.148. The molecular formula is C20H18N2O2S2. The van der Waals surface area contributed by atoms with Crippen molar-refractivity contribution in [2.45, 2.75) is 17.9 Å². The van der Waals surface area contributed by atoms with Gasteiger partial charge in [0.25, 0.3) is 0 Å². The van der Waals surface area contributed by atoms with Crippen LogP contribution in [0.2, 0.25) is 0 Å². The lowest BCUT2D eigenvalue weighted by Gasteiger charge is -2.05. The highest BCUT2D eigenvalue weighted by molar-refractivity contribution is 7.99. The number of para-hydroxylation sites is 1. The maximum Gasteiger partial charge on any atom is 0.249 e. The summed E-state index contributed by atoms with van der Waals surface area (Å²) < 4.78 is 8.29. The maximum atomic E-state index is 12.3. The summed E-state index contributed by atoms with van der Waals surface area (Å²) in [5.41, 5.74) is 0.878. The largest absolute Gasteiger partial charge is 0.495 e. The topological polar surface area (TPSA) is 43.6 Å². The third-order valence-electron chi connectivity index (χ3n) is 3.68. The molecule has 0 bridgehead atoms. The highest BCUT2D eigenvalue weighted by Crippen LogP contribution is 2.27. The molecule has 0 N–H and O–H groups in total. The number of thioether (sulfide) groups is 1. The Kier molecular flexibility index (Phi) is 6.16. The van der Waals surface area contributed by atoms with E-state index in [9.17, 15) is 4.79 Å². The predicted molar refractivity (Wildman–Crippen MR) is 108 cm³/mol. The molecule has 2 aromatic carbocycles. The standard InChI is InChI=1S/C20H18N2O2S2/c1-3-13-22-19-16(24-2)10-7-11-17(19)26-20(22)21-18(23)12-14-25-15-8-5-4-6-9-15/h1,4-11H,12-14H2,2H3. The number of methoxy groups -OCH3 is 1. The molecule has 1 heterocycles. The monoisotopic (exact) mass is 382 g/mol. The molecule has 0 saturated heterocycles. The number of terminal acetylenes is 1. The van der Waals surface area contributed by atoms with Crippen molar-refractivity contribution in [1.82, 2.24) is 4.57 Å². The van der Waals surface area contributed by atoms with Crippen LogP contribution >= 0.6 is 23.1 Å². The van der Waals surface area contributed by atoms with E-state index in [0.717, 1.165) is 20.9 Å². The zero-order valence-electron chi connectivity index (χ0n) is 14.3. The van der Waals surface area contributed by atoms with Crippen molar-refractivity contribution in [2.75, 3.05) is 12.9 Å². The molecule has 6 heteroatoms. The van der Waals surface area contributed by atoms with E-state index < -0.39 is 0 Å². The first-order valence-corrected chi connectivity index (χ1v) is 9.88. The summed E-state index contributed by atoms with van der Waals surface area (Å²) in [5, 5.41) is 0. The zero-order valence-corrected chi connectivity index (χ0v) is 16.0. The predicted octanol–water partition coefficient (Wildman–Crippen LogP) is 3.95. The van der Waals surface area contributed by atoms with Gasteiger partial charge in [0.1, 0.15) is 11.3 Å². The molecule has 0 aliphatic heterocycles. The van der Waals surface area contributed by atoms with E-state index in [1.54, 1.807) is 18.9 Å². The number of aromatic nitrogens is 1. The maximum absolute atomic E-state index is 12.3. The van der Waals surface area contributed by atoms with Crippen LogP contribution in [0.4, 0.5) is 0 Å². The summed E-state index contributed by atoms with van der Waals surface area (Å²) in [7, 11) is 1.62. The molecule has 26 heavy (non-hydrogen) atoms. The van der Waals surface area contributed by atoms with E-state index >= 15 is 0 Å². The van der Waals surface area contributed by atoms with Gasteiger partial charge in [-0.1, -0.05) is 41.5 Å². The van der Waals surface area contributed by atoms with Crippen LogP contribution in [0.1, 0.15) is 6.42 Å². The quantitative estimate of drug-likeness (QED) is 0.479. The van der Waals surface area contributed by atoms with Crippen LogP contribution < -0.4 is 9.54 Å². The number of thiazole rings is 1. The van der Waals surface area contributed by atoms with Gasteiger partial charge in [-0.15, -0.1) is 18.2 Å². The smallest absolute Gasteiger partial charge is 0.249 e. The van der Waals surface area contributed by atoms with Gasteiger partial charge in [-0.25, -0.2) is 0 Å². The number of amides is 1. The summed E-state index contributed by atoms with van der Waals surface area (Å²) in [4.78, 5) is 18.4. The molecule has 0 radical (unpaired) electrons. The van der Waals surface area contributed by atoms with Crippen molar-refractivity contribution < 1.29 is 9.53 Å². The number of fused-ring (bicyclic) bond motifs is 1. The van der Waals surface area contributed by atoms with Gasteiger partial charge in [0.05, 0.1) is 18.4 Å². The fourth-order valence-electron chi connectivity index (χ4n) is 2.52. The fraction of sp³-hybridized carbons (Fsp3) is 0.200. The molecular weight excluding hydrogens is 364 g/mol. The van der Waals surface area contributed by atoms with Crippen LogP contribution in [0.3, 0.4) is 0 Å². The van der Waals surface area contributed by atoms with Gasteiger partial charge in [-0.2, -0.15) is 4.99 Å². The van der Waals surface area contributed by atoms with Crippen LogP contribution in [0, 0.1) is 12.3 Å². The molecule has 0 spiro atoms. The number of carbonyl (C=O) groups is 1. The number of benzene rings is 2. The molecule has 0 fully saturated rings.